The second kappa shape index (κ2) is 7.79. The lowest BCUT2D eigenvalue weighted by atomic mass is 10.2. The summed E-state index contributed by atoms with van der Waals surface area (Å²) in [6, 6.07) is 12.9. The third-order valence-corrected chi connectivity index (χ3v) is 3.04. The predicted molar refractivity (Wildman–Crippen MR) is 83.4 cm³/mol. The molecule has 0 bridgehead atoms. The molecule has 2 aromatic rings. The molecule has 0 aromatic heterocycles. The number of nitrogens with one attached hydrogen (secondary N) is 1. The summed E-state index contributed by atoms with van der Waals surface area (Å²) in [5, 5.41) is 13.3. The number of non-ortho nitro benzene ring substituents is 1. The molecular formula is C16H16N2O5. The standard InChI is InChI=1S/C16H16N2O5/c1-22-15-4-2-3-12(9-15)10-17-16(19)11-23-14-7-5-13(6-8-14)18(20)21/h2-9H,10-11H2,1H3,(H,17,19). The molecule has 0 atom stereocenters. The average molecular weight is 316 g/mol. The number of rotatable bonds is 7. The molecule has 0 unspecified atom stereocenters. The van der Waals surface area contributed by atoms with Crippen molar-refractivity contribution in [2.75, 3.05) is 13.7 Å². The maximum absolute atomic E-state index is 11.7. The molecule has 1 amide bonds. The van der Waals surface area contributed by atoms with Crippen LogP contribution in [0.25, 0.3) is 0 Å². The molecule has 0 fully saturated rings. The number of methoxy groups -OCH3 is 1. The van der Waals surface area contributed by atoms with E-state index in [4.69, 9.17) is 9.47 Å². The Morgan fingerprint density at radius 2 is 1.91 bits per heavy atom. The molecule has 2 rings (SSSR count). The molecule has 0 spiro atoms. The summed E-state index contributed by atoms with van der Waals surface area (Å²) in [6.45, 7) is 0.196. The molecule has 120 valence electrons. The van der Waals surface area contributed by atoms with Crippen molar-refractivity contribution in [3.8, 4) is 11.5 Å². The highest BCUT2D eigenvalue weighted by atomic mass is 16.6. The van der Waals surface area contributed by atoms with Gasteiger partial charge in [-0.05, 0) is 29.8 Å². The summed E-state index contributed by atoms with van der Waals surface area (Å²) in [4.78, 5) is 21.8. The number of benzene rings is 2. The molecule has 23 heavy (non-hydrogen) atoms. The normalized spacial score (nSPS) is 9.96. The van der Waals surface area contributed by atoms with Crippen LogP contribution in [0.3, 0.4) is 0 Å². The fourth-order valence-electron chi connectivity index (χ4n) is 1.85. The Morgan fingerprint density at radius 1 is 1.17 bits per heavy atom. The highest BCUT2D eigenvalue weighted by molar-refractivity contribution is 5.77. The predicted octanol–water partition coefficient (Wildman–Crippen LogP) is 2.30. The van der Waals surface area contributed by atoms with Crippen LogP contribution in [-0.4, -0.2) is 24.5 Å². The summed E-state index contributed by atoms with van der Waals surface area (Å²) < 4.78 is 10.4. The summed E-state index contributed by atoms with van der Waals surface area (Å²) in [5.74, 6) is 0.831. The monoisotopic (exact) mass is 316 g/mol. The minimum atomic E-state index is -0.495. The van der Waals surface area contributed by atoms with Gasteiger partial charge in [0.1, 0.15) is 11.5 Å². The van der Waals surface area contributed by atoms with Crippen molar-refractivity contribution in [2.45, 2.75) is 6.54 Å². The molecule has 2 aromatic carbocycles. The number of carbonyl (C=O) groups excluding carboxylic acids is 1. The van der Waals surface area contributed by atoms with Crippen LogP contribution >= 0.6 is 0 Å². The molecule has 0 heterocycles. The van der Waals surface area contributed by atoms with Gasteiger partial charge in [0.2, 0.25) is 0 Å². The second-order valence-corrected chi connectivity index (χ2v) is 4.67. The van der Waals surface area contributed by atoms with Crippen molar-refractivity contribution in [3.05, 3.63) is 64.2 Å². The van der Waals surface area contributed by atoms with E-state index in [9.17, 15) is 14.9 Å². The first kappa shape index (κ1) is 16.3. The van der Waals surface area contributed by atoms with Gasteiger partial charge in [0, 0.05) is 18.7 Å². The van der Waals surface area contributed by atoms with Crippen molar-refractivity contribution in [1.82, 2.24) is 5.32 Å². The van der Waals surface area contributed by atoms with E-state index in [0.717, 1.165) is 11.3 Å². The SMILES string of the molecule is COc1cccc(CNC(=O)COc2ccc([N+](=O)[O-])cc2)c1. The lowest BCUT2D eigenvalue weighted by molar-refractivity contribution is -0.384. The van der Waals surface area contributed by atoms with Crippen LogP contribution in [0.15, 0.2) is 48.5 Å². The molecule has 7 nitrogen and oxygen atoms in total. The fourth-order valence-corrected chi connectivity index (χ4v) is 1.85. The lowest BCUT2D eigenvalue weighted by Gasteiger charge is -2.08. The molecule has 0 aliphatic rings. The van der Waals surface area contributed by atoms with E-state index < -0.39 is 4.92 Å². The van der Waals surface area contributed by atoms with E-state index in [1.54, 1.807) is 7.11 Å². The van der Waals surface area contributed by atoms with Gasteiger partial charge >= 0.3 is 0 Å². The Morgan fingerprint density at radius 3 is 2.57 bits per heavy atom. The van der Waals surface area contributed by atoms with Gasteiger partial charge in [-0.25, -0.2) is 0 Å². The van der Waals surface area contributed by atoms with Gasteiger partial charge in [-0.3, -0.25) is 14.9 Å². The minimum Gasteiger partial charge on any atom is -0.497 e. The second-order valence-electron chi connectivity index (χ2n) is 4.67. The van der Waals surface area contributed by atoms with Gasteiger partial charge < -0.3 is 14.8 Å². The van der Waals surface area contributed by atoms with Crippen molar-refractivity contribution in [3.63, 3.8) is 0 Å². The first-order valence-electron chi connectivity index (χ1n) is 6.85. The number of hydrogen-bond acceptors (Lipinski definition) is 5. The summed E-state index contributed by atoms with van der Waals surface area (Å²) in [5.41, 5.74) is 0.882. The Bertz CT molecular complexity index is 685. The van der Waals surface area contributed by atoms with Gasteiger partial charge in [-0.2, -0.15) is 0 Å². The van der Waals surface area contributed by atoms with Gasteiger partial charge in [0.05, 0.1) is 12.0 Å². The summed E-state index contributed by atoms with van der Waals surface area (Å²) in [7, 11) is 1.58. The summed E-state index contributed by atoms with van der Waals surface area (Å²) in [6.07, 6.45) is 0. The van der Waals surface area contributed by atoms with Crippen LogP contribution < -0.4 is 14.8 Å². The zero-order chi connectivity index (χ0) is 16.7. The average Bonchev–Trinajstić information content (AvgIpc) is 2.58. The van der Waals surface area contributed by atoms with Gasteiger partial charge in [-0.1, -0.05) is 12.1 Å². The van der Waals surface area contributed by atoms with E-state index in [0.29, 0.717) is 12.3 Å². The number of carbonyl (C=O) groups is 1. The van der Waals surface area contributed by atoms with Crippen molar-refractivity contribution in [1.29, 1.82) is 0 Å². The summed E-state index contributed by atoms with van der Waals surface area (Å²) >= 11 is 0. The van der Waals surface area contributed by atoms with Crippen LogP contribution in [0.2, 0.25) is 0 Å². The molecule has 1 N–H and O–H groups in total. The zero-order valence-electron chi connectivity index (χ0n) is 12.5. The number of amides is 1. The third kappa shape index (κ3) is 4.99. The van der Waals surface area contributed by atoms with Gasteiger partial charge in [0.15, 0.2) is 6.61 Å². The van der Waals surface area contributed by atoms with Crippen LogP contribution in [0, 0.1) is 10.1 Å². The minimum absolute atomic E-state index is 0.0279. The van der Waals surface area contributed by atoms with E-state index in [-0.39, 0.29) is 18.2 Å². The number of hydrogen-bond donors (Lipinski definition) is 1. The lowest BCUT2D eigenvalue weighted by Crippen LogP contribution is -2.28. The molecule has 0 radical (unpaired) electrons. The Labute approximate surface area is 133 Å². The first-order chi connectivity index (χ1) is 11.1. The zero-order valence-corrected chi connectivity index (χ0v) is 12.5. The first-order valence-corrected chi connectivity index (χ1v) is 6.85. The Kier molecular flexibility index (Phi) is 5.51. The van der Waals surface area contributed by atoms with E-state index >= 15 is 0 Å². The molecule has 0 saturated carbocycles. The van der Waals surface area contributed by atoms with Crippen LogP contribution in [0.1, 0.15) is 5.56 Å². The maximum atomic E-state index is 11.7. The van der Waals surface area contributed by atoms with Crippen LogP contribution in [0.5, 0.6) is 11.5 Å². The van der Waals surface area contributed by atoms with Crippen molar-refractivity contribution >= 4 is 11.6 Å². The quantitative estimate of drug-likeness (QED) is 0.625. The highest BCUT2D eigenvalue weighted by Crippen LogP contribution is 2.17. The van der Waals surface area contributed by atoms with Crippen molar-refractivity contribution < 1.29 is 19.2 Å². The number of nitro benzene ring substituents is 1. The number of ether oxygens (including phenoxy) is 2. The molecule has 0 aliphatic carbocycles. The molecule has 0 saturated heterocycles. The van der Waals surface area contributed by atoms with E-state index in [2.05, 4.69) is 5.32 Å². The van der Waals surface area contributed by atoms with Crippen LogP contribution in [0.4, 0.5) is 5.69 Å². The fraction of sp³-hybridized carbons (Fsp3) is 0.188. The Hall–Kier alpha value is -3.09. The molecular weight excluding hydrogens is 300 g/mol. The number of nitro groups is 1. The maximum Gasteiger partial charge on any atom is 0.269 e. The smallest absolute Gasteiger partial charge is 0.269 e. The highest BCUT2D eigenvalue weighted by Gasteiger charge is 2.06. The Balaban J connectivity index is 1.79. The van der Waals surface area contributed by atoms with E-state index in [1.807, 2.05) is 24.3 Å². The van der Waals surface area contributed by atoms with Crippen molar-refractivity contribution in [2.24, 2.45) is 0 Å². The molecule has 0 aliphatic heterocycles. The number of nitrogens with zero attached hydrogens (tertiary/aromatic N) is 1. The molecule has 7 heteroatoms. The van der Waals surface area contributed by atoms with Gasteiger partial charge in [0.25, 0.3) is 11.6 Å². The largest absolute Gasteiger partial charge is 0.497 e. The topological polar surface area (TPSA) is 90.7 Å². The third-order valence-electron chi connectivity index (χ3n) is 3.04. The van der Waals surface area contributed by atoms with Gasteiger partial charge in [-0.15, -0.1) is 0 Å². The van der Waals surface area contributed by atoms with E-state index in [1.165, 1.54) is 24.3 Å². The van der Waals surface area contributed by atoms with Crippen LogP contribution in [-0.2, 0) is 11.3 Å².